The number of benzene rings is 1. The van der Waals surface area contributed by atoms with Crippen LogP contribution in [0.2, 0.25) is 0 Å². The van der Waals surface area contributed by atoms with Crippen molar-refractivity contribution in [2.24, 2.45) is 11.3 Å². The van der Waals surface area contributed by atoms with Crippen molar-refractivity contribution < 1.29 is 14.0 Å². The van der Waals surface area contributed by atoms with Crippen molar-refractivity contribution in [3.63, 3.8) is 0 Å². The van der Waals surface area contributed by atoms with Gasteiger partial charge in [0.15, 0.2) is 0 Å². The molecule has 1 aliphatic heterocycles. The Morgan fingerprint density at radius 2 is 1.97 bits per heavy atom. The molecule has 3 heterocycles. The van der Waals surface area contributed by atoms with E-state index in [9.17, 15) is 19.2 Å². The van der Waals surface area contributed by atoms with Gasteiger partial charge in [0.05, 0.1) is 6.07 Å². The van der Waals surface area contributed by atoms with Gasteiger partial charge in [-0.2, -0.15) is 5.26 Å². The summed E-state index contributed by atoms with van der Waals surface area (Å²) >= 11 is 0. The van der Waals surface area contributed by atoms with E-state index in [-0.39, 0.29) is 24.1 Å². The van der Waals surface area contributed by atoms with Crippen molar-refractivity contribution in [3.05, 3.63) is 77.6 Å². The van der Waals surface area contributed by atoms with Crippen LogP contribution in [-0.4, -0.2) is 28.3 Å². The molecular weight excluding hydrogens is 445 g/mol. The number of pyridine rings is 2. The summed E-state index contributed by atoms with van der Waals surface area (Å²) in [6.45, 7) is 2.31. The van der Waals surface area contributed by atoms with E-state index in [1.54, 1.807) is 48.5 Å². The second kappa shape index (κ2) is 8.91. The number of nitrogens with one attached hydrogen (secondary N) is 1. The third-order valence-electron chi connectivity index (χ3n) is 6.74. The van der Waals surface area contributed by atoms with Crippen LogP contribution >= 0.6 is 0 Å². The average Bonchev–Trinajstić information content (AvgIpc) is 3.66. The molecule has 35 heavy (non-hydrogen) atoms. The van der Waals surface area contributed by atoms with Crippen molar-refractivity contribution in [1.29, 1.82) is 5.26 Å². The minimum atomic E-state index is -0.955. The Balaban J connectivity index is 1.33. The van der Waals surface area contributed by atoms with Crippen LogP contribution in [0.3, 0.4) is 0 Å². The van der Waals surface area contributed by atoms with Crippen LogP contribution in [0, 0.1) is 35.4 Å². The number of halogens is 1. The average molecular weight is 470 g/mol. The number of carbonyl (C=O) groups excluding carboxylic acids is 2. The normalized spacial score (nSPS) is 19.5. The Kier molecular flexibility index (Phi) is 5.77. The predicted octanol–water partition coefficient (Wildman–Crippen LogP) is 4.18. The van der Waals surface area contributed by atoms with Gasteiger partial charge in [0, 0.05) is 36.9 Å². The summed E-state index contributed by atoms with van der Waals surface area (Å²) in [5.74, 6) is -0.893. The number of amides is 2. The van der Waals surface area contributed by atoms with Gasteiger partial charge in [-0.15, -0.1) is 0 Å². The highest BCUT2D eigenvalue weighted by Gasteiger charge is 2.56. The standard InChI is InChI=1S/C27H24FN5O2/c1-17-10-23(33-9-6-27(16-29,26(33)35)21-2-3-21)14-24(32-17)25(34)31-15-18-11-20(13-22(28)12-18)19-4-7-30-8-5-19/h4-5,7-8,10-14,21H,2-3,6,9,15H2,1H3,(H,31,34)/t27-/m1/s1. The van der Waals surface area contributed by atoms with Gasteiger partial charge in [-0.1, -0.05) is 0 Å². The molecule has 2 fully saturated rings. The fourth-order valence-corrected chi connectivity index (χ4v) is 4.79. The molecule has 0 radical (unpaired) electrons. The van der Waals surface area contributed by atoms with E-state index in [4.69, 9.17) is 0 Å². The van der Waals surface area contributed by atoms with Crippen molar-refractivity contribution in [3.8, 4) is 17.2 Å². The molecule has 2 aromatic heterocycles. The monoisotopic (exact) mass is 469 g/mol. The fraction of sp³-hybridized carbons (Fsp3) is 0.296. The molecule has 0 bridgehead atoms. The topological polar surface area (TPSA) is 99.0 Å². The number of nitriles is 1. The second-order valence-electron chi connectivity index (χ2n) is 9.18. The van der Waals surface area contributed by atoms with Gasteiger partial charge in [-0.25, -0.2) is 9.37 Å². The Bertz CT molecular complexity index is 1350. The van der Waals surface area contributed by atoms with Crippen LogP contribution in [0.4, 0.5) is 10.1 Å². The van der Waals surface area contributed by atoms with Crippen molar-refractivity contribution in [2.75, 3.05) is 11.4 Å². The molecule has 1 saturated carbocycles. The lowest BCUT2D eigenvalue weighted by Crippen LogP contribution is -2.35. The molecule has 3 aromatic rings. The van der Waals surface area contributed by atoms with Gasteiger partial charge >= 0.3 is 0 Å². The number of aromatic nitrogens is 2. The number of hydrogen-bond acceptors (Lipinski definition) is 5. The van der Waals surface area contributed by atoms with Crippen molar-refractivity contribution in [1.82, 2.24) is 15.3 Å². The van der Waals surface area contributed by atoms with Crippen LogP contribution in [-0.2, 0) is 11.3 Å². The Hall–Kier alpha value is -4.12. The highest BCUT2D eigenvalue weighted by molar-refractivity contribution is 6.03. The van der Waals surface area contributed by atoms with Crippen molar-refractivity contribution >= 4 is 17.5 Å². The maximum atomic E-state index is 14.2. The lowest BCUT2D eigenvalue weighted by atomic mass is 9.83. The summed E-state index contributed by atoms with van der Waals surface area (Å²) in [5.41, 5.74) is 2.49. The quantitative estimate of drug-likeness (QED) is 0.584. The Morgan fingerprint density at radius 1 is 1.20 bits per heavy atom. The predicted molar refractivity (Wildman–Crippen MR) is 128 cm³/mol. The van der Waals surface area contributed by atoms with Crippen LogP contribution in [0.25, 0.3) is 11.1 Å². The number of aryl methyl sites for hydroxylation is 1. The summed E-state index contributed by atoms with van der Waals surface area (Å²) in [7, 11) is 0. The van der Waals surface area contributed by atoms with Gasteiger partial charge in [-0.3, -0.25) is 14.6 Å². The minimum absolute atomic E-state index is 0.113. The largest absolute Gasteiger partial charge is 0.347 e. The van der Waals surface area contributed by atoms with E-state index in [0.717, 1.165) is 18.4 Å². The molecule has 1 aromatic carbocycles. The first-order valence-electron chi connectivity index (χ1n) is 11.6. The van der Waals surface area contributed by atoms with E-state index in [1.165, 1.54) is 12.1 Å². The zero-order valence-corrected chi connectivity index (χ0v) is 19.3. The molecule has 176 valence electrons. The Morgan fingerprint density at radius 3 is 2.69 bits per heavy atom. The lowest BCUT2D eigenvalue weighted by molar-refractivity contribution is -0.123. The van der Waals surface area contributed by atoms with Crippen LogP contribution in [0.15, 0.2) is 54.9 Å². The Labute approximate surface area is 202 Å². The molecule has 2 aliphatic rings. The smallest absolute Gasteiger partial charge is 0.270 e. The highest BCUT2D eigenvalue weighted by atomic mass is 19.1. The summed E-state index contributed by atoms with van der Waals surface area (Å²) in [6, 6.07) is 13.8. The van der Waals surface area contributed by atoms with Gasteiger partial charge in [-0.05, 0) is 91.3 Å². The lowest BCUT2D eigenvalue weighted by Gasteiger charge is -2.21. The van der Waals surface area contributed by atoms with E-state index in [1.807, 2.05) is 6.07 Å². The fourth-order valence-electron chi connectivity index (χ4n) is 4.79. The second-order valence-corrected chi connectivity index (χ2v) is 9.18. The van der Waals surface area contributed by atoms with Crippen LogP contribution in [0.5, 0.6) is 0 Å². The molecule has 8 heteroatoms. The number of nitrogens with zero attached hydrogens (tertiary/aromatic N) is 4. The summed E-state index contributed by atoms with van der Waals surface area (Å²) in [5, 5.41) is 12.5. The molecular formula is C27H24FN5O2. The molecule has 5 rings (SSSR count). The molecule has 1 saturated heterocycles. The minimum Gasteiger partial charge on any atom is -0.347 e. The number of hydrogen-bond donors (Lipinski definition) is 1. The molecule has 0 unspecified atom stereocenters. The first-order valence-corrected chi connectivity index (χ1v) is 11.6. The van der Waals surface area contributed by atoms with Gasteiger partial charge in [0.2, 0.25) is 5.91 Å². The van der Waals surface area contributed by atoms with E-state index >= 15 is 0 Å². The highest BCUT2D eigenvalue weighted by Crippen LogP contribution is 2.51. The molecule has 7 nitrogen and oxygen atoms in total. The van der Waals surface area contributed by atoms with E-state index in [2.05, 4.69) is 21.4 Å². The first-order chi connectivity index (χ1) is 16.9. The van der Waals surface area contributed by atoms with E-state index in [0.29, 0.717) is 35.5 Å². The molecule has 0 spiro atoms. The number of carbonyl (C=O) groups is 2. The van der Waals surface area contributed by atoms with E-state index < -0.39 is 17.1 Å². The maximum absolute atomic E-state index is 14.2. The first kappa shape index (κ1) is 22.7. The third kappa shape index (κ3) is 4.37. The summed E-state index contributed by atoms with van der Waals surface area (Å²) in [4.78, 5) is 36.0. The molecule has 1 atom stereocenters. The van der Waals surface area contributed by atoms with Crippen molar-refractivity contribution in [2.45, 2.75) is 32.7 Å². The number of anilines is 1. The summed E-state index contributed by atoms with van der Waals surface area (Å²) < 4.78 is 14.2. The third-order valence-corrected chi connectivity index (χ3v) is 6.74. The van der Waals surface area contributed by atoms with Gasteiger partial charge in [0.25, 0.3) is 5.91 Å². The SMILES string of the molecule is Cc1cc(N2CC[C@@](C#N)(C3CC3)C2=O)cc(C(=O)NCc2cc(F)cc(-c3ccncc3)c2)n1. The van der Waals surface area contributed by atoms with Crippen LogP contribution < -0.4 is 10.2 Å². The van der Waals surface area contributed by atoms with Crippen LogP contribution in [0.1, 0.15) is 41.0 Å². The maximum Gasteiger partial charge on any atom is 0.270 e. The van der Waals surface area contributed by atoms with Gasteiger partial charge in [0.1, 0.15) is 16.9 Å². The molecule has 1 N–H and O–H groups in total. The van der Waals surface area contributed by atoms with Gasteiger partial charge < -0.3 is 10.2 Å². The summed E-state index contributed by atoms with van der Waals surface area (Å²) in [6.07, 6.45) is 5.58. The zero-order valence-electron chi connectivity index (χ0n) is 19.3. The molecule has 2 amide bonds. The molecule has 1 aliphatic carbocycles. The number of rotatable bonds is 6. The zero-order chi connectivity index (χ0) is 24.6.